The zero-order chi connectivity index (χ0) is 13.1. The molecule has 0 saturated carbocycles. The molecule has 1 heterocycles. The van der Waals surface area contributed by atoms with Gasteiger partial charge in [0.1, 0.15) is 5.82 Å². The number of hydrogen-bond acceptors (Lipinski definition) is 3. The van der Waals surface area contributed by atoms with E-state index < -0.39 is 0 Å². The molecule has 2 nitrogen and oxygen atoms in total. The first-order chi connectivity index (χ1) is 8.60. The summed E-state index contributed by atoms with van der Waals surface area (Å²) in [5.41, 5.74) is 4.63. The largest absolute Gasteiger partial charge is 0.271 e. The van der Waals surface area contributed by atoms with Crippen molar-refractivity contribution >= 4 is 22.9 Å². The van der Waals surface area contributed by atoms with Gasteiger partial charge in [-0.05, 0) is 42.3 Å². The van der Waals surface area contributed by atoms with Crippen LogP contribution in [-0.2, 0) is 6.42 Å². The normalized spacial score (nSPS) is 12.7. The van der Waals surface area contributed by atoms with Crippen molar-refractivity contribution in [3.63, 3.8) is 0 Å². The Balaban J connectivity index is 2.25. The number of benzene rings is 1. The molecule has 1 unspecified atom stereocenters. The zero-order valence-corrected chi connectivity index (χ0v) is 11.5. The van der Waals surface area contributed by atoms with Crippen LogP contribution < -0.4 is 11.3 Å². The van der Waals surface area contributed by atoms with Crippen LogP contribution in [0.2, 0.25) is 4.34 Å². The molecule has 18 heavy (non-hydrogen) atoms. The standard InChI is InChI=1S/C13H14ClFN2S/c1-8-2-3-9(15)6-11(8)12(17-16)7-10-4-5-13(14)18-10/h2-6,12,17H,7,16H2,1H3. The molecule has 1 aromatic heterocycles. The summed E-state index contributed by atoms with van der Waals surface area (Å²) in [6.07, 6.45) is 0.693. The topological polar surface area (TPSA) is 38.0 Å². The zero-order valence-electron chi connectivity index (χ0n) is 9.91. The van der Waals surface area contributed by atoms with Gasteiger partial charge in [-0.25, -0.2) is 4.39 Å². The van der Waals surface area contributed by atoms with Crippen LogP contribution in [0.15, 0.2) is 30.3 Å². The molecule has 0 aliphatic rings. The molecule has 0 bridgehead atoms. The van der Waals surface area contributed by atoms with Gasteiger partial charge in [0, 0.05) is 11.3 Å². The molecule has 0 aliphatic heterocycles. The molecular formula is C13H14ClFN2S. The molecule has 0 saturated heterocycles. The molecule has 0 radical (unpaired) electrons. The first-order valence-corrected chi connectivity index (χ1v) is 6.76. The van der Waals surface area contributed by atoms with Gasteiger partial charge in [0.2, 0.25) is 0 Å². The third-order valence-corrected chi connectivity index (χ3v) is 4.11. The summed E-state index contributed by atoms with van der Waals surface area (Å²) in [6.45, 7) is 1.94. The second-order valence-electron chi connectivity index (χ2n) is 4.13. The Hall–Kier alpha value is -0.940. The summed E-state index contributed by atoms with van der Waals surface area (Å²) in [6, 6.07) is 8.44. The van der Waals surface area contributed by atoms with E-state index in [0.717, 1.165) is 20.3 Å². The van der Waals surface area contributed by atoms with Crippen LogP contribution in [-0.4, -0.2) is 0 Å². The quantitative estimate of drug-likeness (QED) is 0.665. The number of aryl methyl sites for hydroxylation is 1. The highest BCUT2D eigenvalue weighted by molar-refractivity contribution is 7.16. The van der Waals surface area contributed by atoms with Crippen LogP contribution in [0.25, 0.3) is 0 Å². The Morgan fingerprint density at radius 3 is 2.78 bits per heavy atom. The van der Waals surface area contributed by atoms with Gasteiger partial charge in [-0.2, -0.15) is 0 Å². The predicted octanol–water partition coefficient (Wildman–Crippen LogP) is 3.60. The predicted molar refractivity (Wildman–Crippen MR) is 74.2 cm³/mol. The maximum atomic E-state index is 13.3. The molecular weight excluding hydrogens is 271 g/mol. The number of nitrogens with one attached hydrogen (secondary N) is 1. The number of hydrogen-bond donors (Lipinski definition) is 2. The van der Waals surface area contributed by atoms with Crippen molar-refractivity contribution in [2.24, 2.45) is 5.84 Å². The van der Waals surface area contributed by atoms with Gasteiger partial charge in [-0.1, -0.05) is 17.7 Å². The van der Waals surface area contributed by atoms with E-state index in [9.17, 15) is 4.39 Å². The smallest absolute Gasteiger partial charge is 0.123 e. The van der Waals surface area contributed by atoms with Gasteiger partial charge in [-0.3, -0.25) is 11.3 Å². The fourth-order valence-electron chi connectivity index (χ4n) is 1.91. The van der Waals surface area contributed by atoms with Crippen LogP contribution >= 0.6 is 22.9 Å². The molecule has 96 valence electrons. The van der Waals surface area contributed by atoms with Gasteiger partial charge >= 0.3 is 0 Å². The molecule has 5 heteroatoms. The highest BCUT2D eigenvalue weighted by atomic mass is 35.5. The summed E-state index contributed by atoms with van der Waals surface area (Å²) in [7, 11) is 0. The first kappa shape index (κ1) is 13.5. The maximum absolute atomic E-state index is 13.3. The van der Waals surface area contributed by atoms with Gasteiger partial charge in [0.25, 0.3) is 0 Å². The van der Waals surface area contributed by atoms with Crippen LogP contribution in [0.4, 0.5) is 4.39 Å². The van der Waals surface area contributed by atoms with E-state index in [4.69, 9.17) is 17.4 Å². The lowest BCUT2D eigenvalue weighted by atomic mass is 9.98. The summed E-state index contributed by atoms with van der Waals surface area (Å²) in [4.78, 5) is 1.12. The minimum absolute atomic E-state index is 0.115. The summed E-state index contributed by atoms with van der Waals surface area (Å²) < 4.78 is 14.0. The third kappa shape index (κ3) is 3.09. The van der Waals surface area contributed by atoms with Crippen LogP contribution in [0.1, 0.15) is 22.0 Å². The second kappa shape index (κ2) is 5.80. The number of hydrazine groups is 1. The molecule has 0 aliphatic carbocycles. The Labute approximate surface area is 115 Å². The monoisotopic (exact) mass is 284 g/mol. The average Bonchev–Trinajstić information content (AvgIpc) is 2.75. The molecule has 3 N–H and O–H groups in total. The van der Waals surface area contributed by atoms with Crippen molar-refractivity contribution in [1.29, 1.82) is 0 Å². The minimum atomic E-state index is -0.250. The lowest BCUT2D eigenvalue weighted by Crippen LogP contribution is -2.30. The minimum Gasteiger partial charge on any atom is -0.271 e. The van der Waals surface area contributed by atoms with Crippen LogP contribution in [0.5, 0.6) is 0 Å². The molecule has 2 rings (SSSR count). The number of halogens is 2. The Morgan fingerprint density at radius 1 is 1.39 bits per heavy atom. The average molecular weight is 285 g/mol. The summed E-state index contributed by atoms with van der Waals surface area (Å²) >= 11 is 7.41. The third-order valence-electron chi connectivity index (χ3n) is 2.85. The van der Waals surface area contributed by atoms with E-state index in [1.54, 1.807) is 6.07 Å². The molecule has 2 aromatic rings. The van der Waals surface area contributed by atoms with E-state index in [1.807, 2.05) is 19.1 Å². The Bertz CT molecular complexity index is 542. The van der Waals surface area contributed by atoms with Gasteiger partial charge in [-0.15, -0.1) is 11.3 Å². The van der Waals surface area contributed by atoms with Crippen LogP contribution in [0.3, 0.4) is 0 Å². The molecule has 0 spiro atoms. The molecule has 1 atom stereocenters. The van der Waals surface area contributed by atoms with E-state index >= 15 is 0 Å². The van der Waals surface area contributed by atoms with Crippen molar-refractivity contribution in [3.05, 3.63) is 56.5 Å². The number of thiophene rings is 1. The highest BCUT2D eigenvalue weighted by Crippen LogP contribution is 2.27. The van der Waals surface area contributed by atoms with E-state index in [-0.39, 0.29) is 11.9 Å². The maximum Gasteiger partial charge on any atom is 0.123 e. The van der Waals surface area contributed by atoms with E-state index in [1.165, 1.54) is 23.5 Å². The fourth-order valence-corrected chi connectivity index (χ4v) is 3.04. The second-order valence-corrected chi connectivity index (χ2v) is 5.93. The SMILES string of the molecule is Cc1ccc(F)cc1C(Cc1ccc(Cl)s1)NN. The lowest BCUT2D eigenvalue weighted by Gasteiger charge is -2.18. The van der Waals surface area contributed by atoms with Crippen molar-refractivity contribution in [3.8, 4) is 0 Å². The van der Waals surface area contributed by atoms with E-state index in [0.29, 0.717) is 6.42 Å². The van der Waals surface area contributed by atoms with E-state index in [2.05, 4.69) is 5.43 Å². The lowest BCUT2D eigenvalue weighted by molar-refractivity contribution is 0.545. The first-order valence-electron chi connectivity index (χ1n) is 5.56. The fraction of sp³-hybridized carbons (Fsp3) is 0.231. The van der Waals surface area contributed by atoms with Gasteiger partial charge < -0.3 is 0 Å². The van der Waals surface area contributed by atoms with Crippen molar-refractivity contribution in [1.82, 2.24) is 5.43 Å². The number of rotatable bonds is 4. The van der Waals surface area contributed by atoms with Crippen molar-refractivity contribution in [2.45, 2.75) is 19.4 Å². The molecule has 1 aromatic carbocycles. The Morgan fingerprint density at radius 2 is 2.17 bits per heavy atom. The van der Waals surface area contributed by atoms with Gasteiger partial charge in [0.05, 0.1) is 10.4 Å². The highest BCUT2D eigenvalue weighted by Gasteiger charge is 2.15. The van der Waals surface area contributed by atoms with Crippen molar-refractivity contribution < 1.29 is 4.39 Å². The summed E-state index contributed by atoms with van der Waals surface area (Å²) in [5, 5.41) is 0. The van der Waals surface area contributed by atoms with Crippen LogP contribution in [0, 0.1) is 12.7 Å². The number of nitrogens with two attached hydrogens (primary N) is 1. The molecule has 0 amide bonds. The van der Waals surface area contributed by atoms with Crippen molar-refractivity contribution in [2.75, 3.05) is 0 Å². The molecule has 0 fully saturated rings. The van der Waals surface area contributed by atoms with Gasteiger partial charge in [0.15, 0.2) is 0 Å². The summed E-state index contributed by atoms with van der Waals surface area (Å²) in [5.74, 6) is 5.33. The Kier molecular flexibility index (Phi) is 4.35.